The second kappa shape index (κ2) is 8.30. The fourth-order valence-corrected chi connectivity index (χ4v) is 3.52. The molecule has 1 saturated heterocycles. The Labute approximate surface area is 146 Å². The minimum absolute atomic E-state index is 0.0417. The SMILES string of the molecule is COCC(C)N=C1NC(=O)C(CC(=O)Nc2c(C)cccc2C)S1. The molecule has 0 aliphatic carbocycles. The van der Waals surface area contributed by atoms with Gasteiger partial charge in [-0.25, -0.2) is 0 Å². The van der Waals surface area contributed by atoms with Gasteiger partial charge < -0.3 is 15.4 Å². The fourth-order valence-electron chi connectivity index (χ4n) is 2.45. The molecule has 7 heteroatoms. The molecule has 1 aliphatic rings. The summed E-state index contributed by atoms with van der Waals surface area (Å²) in [5, 5.41) is 5.73. The van der Waals surface area contributed by atoms with Gasteiger partial charge in [0.2, 0.25) is 11.8 Å². The van der Waals surface area contributed by atoms with Gasteiger partial charge in [-0.3, -0.25) is 14.6 Å². The number of amides is 2. The molecule has 2 amide bonds. The lowest BCUT2D eigenvalue weighted by molar-refractivity contribution is -0.122. The molecule has 2 atom stereocenters. The largest absolute Gasteiger partial charge is 0.382 e. The van der Waals surface area contributed by atoms with Crippen LogP contribution in [-0.4, -0.2) is 42.0 Å². The highest BCUT2D eigenvalue weighted by Gasteiger charge is 2.32. The molecule has 1 heterocycles. The van der Waals surface area contributed by atoms with Crippen molar-refractivity contribution >= 4 is 34.4 Å². The molecule has 0 spiro atoms. The van der Waals surface area contributed by atoms with Gasteiger partial charge in [0, 0.05) is 19.2 Å². The fraction of sp³-hybridized carbons (Fsp3) is 0.471. The number of hydrogen-bond acceptors (Lipinski definition) is 5. The van der Waals surface area contributed by atoms with E-state index in [1.54, 1.807) is 7.11 Å². The van der Waals surface area contributed by atoms with Gasteiger partial charge in [-0.15, -0.1) is 0 Å². The first-order valence-corrected chi connectivity index (χ1v) is 8.69. The van der Waals surface area contributed by atoms with Crippen LogP contribution >= 0.6 is 11.8 Å². The van der Waals surface area contributed by atoms with Crippen LogP contribution in [0.4, 0.5) is 5.69 Å². The number of aliphatic imine (C=N–C) groups is 1. The number of ether oxygens (including phenoxy) is 1. The van der Waals surface area contributed by atoms with E-state index in [9.17, 15) is 9.59 Å². The van der Waals surface area contributed by atoms with Crippen LogP contribution in [-0.2, 0) is 14.3 Å². The number of anilines is 1. The lowest BCUT2D eigenvalue weighted by Gasteiger charge is -2.12. The quantitative estimate of drug-likeness (QED) is 0.825. The zero-order valence-electron chi connectivity index (χ0n) is 14.4. The second-order valence-electron chi connectivity index (χ2n) is 5.85. The third kappa shape index (κ3) is 4.82. The van der Waals surface area contributed by atoms with Gasteiger partial charge in [0.15, 0.2) is 5.17 Å². The number of rotatable bonds is 6. The van der Waals surface area contributed by atoms with Crippen molar-refractivity contribution in [2.24, 2.45) is 4.99 Å². The molecule has 0 bridgehead atoms. The zero-order chi connectivity index (χ0) is 17.7. The average Bonchev–Trinajstić information content (AvgIpc) is 2.83. The second-order valence-corrected chi connectivity index (χ2v) is 7.04. The van der Waals surface area contributed by atoms with Gasteiger partial charge in [0.1, 0.15) is 5.25 Å². The maximum atomic E-state index is 12.3. The van der Waals surface area contributed by atoms with Crippen molar-refractivity contribution in [2.45, 2.75) is 38.5 Å². The van der Waals surface area contributed by atoms with Crippen LogP contribution in [0.25, 0.3) is 0 Å². The molecule has 0 saturated carbocycles. The van der Waals surface area contributed by atoms with Gasteiger partial charge in [-0.05, 0) is 31.9 Å². The summed E-state index contributed by atoms with van der Waals surface area (Å²) in [4.78, 5) is 28.7. The van der Waals surface area contributed by atoms with Gasteiger partial charge in [0.25, 0.3) is 0 Å². The van der Waals surface area contributed by atoms with Crippen LogP contribution in [0, 0.1) is 13.8 Å². The Morgan fingerprint density at radius 2 is 2.08 bits per heavy atom. The minimum Gasteiger partial charge on any atom is -0.382 e. The van der Waals surface area contributed by atoms with Crippen molar-refractivity contribution in [3.05, 3.63) is 29.3 Å². The number of methoxy groups -OCH3 is 1. The molecule has 2 N–H and O–H groups in total. The molecule has 24 heavy (non-hydrogen) atoms. The monoisotopic (exact) mass is 349 g/mol. The number of para-hydroxylation sites is 1. The summed E-state index contributed by atoms with van der Waals surface area (Å²) in [6.07, 6.45) is 0.113. The van der Waals surface area contributed by atoms with Crippen molar-refractivity contribution in [2.75, 3.05) is 19.0 Å². The van der Waals surface area contributed by atoms with E-state index < -0.39 is 5.25 Å². The standard InChI is InChI=1S/C17H23N3O3S/c1-10-6-5-7-11(2)15(10)19-14(21)8-13-16(22)20-17(24-13)18-12(3)9-23-4/h5-7,12-13H,8-9H2,1-4H3,(H,19,21)(H,18,20,22). The number of carbonyl (C=O) groups is 2. The highest BCUT2D eigenvalue weighted by molar-refractivity contribution is 8.15. The number of nitrogens with one attached hydrogen (secondary N) is 2. The topological polar surface area (TPSA) is 79.8 Å². The minimum atomic E-state index is -0.456. The van der Waals surface area contributed by atoms with E-state index in [1.165, 1.54) is 11.8 Å². The Hall–Kier alpha value is -1.86. The molecular weight excluding hydrogens is 326 g/mol. The van der Waals surface area contributed by atoms with Crippen molar-refractivity contribution in [1.82, 2.24) is 5.32 Å². The van der Waals surface area contributed by atoms with Gasteiger partial charge in [-0.1, -0.05) is 30.0 Å². The first-order valence-electron chi connectivity index (χ1n) is 7.81. The average molecular weight is 349 g/mol. The van der Waals surface area contributed by atoms with E-state index >= 15 is 0 Å². The summed E-state index contributed by atoms with van der Waals surface area (Å²) < 4.78 is 5.03. The molecule has 1 fully saturated rings. The molecule has 6 nitrogen and oxygen atoms in total. The number of carbonyl (C=O) groups excluding carboxylic acids is 2. The molecule has 0 radical (unpaired) electrons. The van der Waals surface area contributed by atoms with E-state index in [1.807, 2.05) is 39.0 Å². The van der Waals surface area contributed by atoms with Crippen LogP contribution in [0.3, 0.4) is 0 Å². The maximum absolute atomic E-state index is 12.3. The van der Waals surface area contributed by atoms with Crippen molar-refractivity contribution in [3.8, 4) is 0 Å². The van der Waals surface area contributed by atoms with E-state index in [0.29, 0.717) is 11.8 Å². The number of nitrogens with zero attached hydrogens (tertiary/aromatic N) is 1. The first-order chi connectivity index (χ1) is 11.4. The summed E-state index contributed by atoms with van der Waals surface area (Å²) in [5.41, 5.74) is 2.82. The van der Waals surface area contributed by atoms with E-state index in [2.05, 4.69) is 15.6 Å². The van der Waals surface area contributed by atoms with E-state index in [4.69, 9.17) is 4.74 Å². The Bertz CT molecular complexity index is 640. The molecule has 1 aromatic carbocycles. The number of thioether (sulfide) groups is 1. The predicted molar refractivity (Wildman–Crippen MR) is 97.5 cm³/mol. The van der Waals surface area contributed by atoms with Crippen molar-refractivity contribution < 1.29 is 14.3 Å². The molecule has 0 aromatic heterocycles. The Morgan fingerprint density at radius 1 is 1.42 bits per heavy atom. The van der Waals surface area contributed by atoms with E-state index in [-0.39, 0.29) is 24.3 Å². The normalized spacial score (nSPS) is 20.1. The van der Waals surface area contributed by atoms with Crippen molar-refractivity contribution in [3.63, 3.8) is 0 Å². The molecule has 2 unspecified atom stereocenters. The summed E-state index contributed by atoms with van der Waals surface area (Å²) in [6.45, 7) is 6.28. The molecule has 1 aromatic rings. The molecular formula is C17H23N3O3S. The van der Waals surface area contributed by atoms with Gasteiger partial charge >= 0.3 is 0 Å². The Balaban J connectivity index is 1.96. The van der Waals surface area contributed by atoms with Crippen LogP contribution < -0.4 is 10.6 Å². The highest BCUT2D eigenvalue weighted by Crippen LogP contribution is 2.25. The molecule has 1 aliphatic heterocycles. The third-order valence-electron chi connectivity index (χ3n) is 3.64. The van der Waals surface area contributed by atoms with Gasteiger partial charge in [0.05, 0.1) is 12.6 Å². The number of amidine groups is 1. The third-order valence-corrected chi connectivity index (χ3v) is 4.73. The number of aryl methyl sites for hydroxylation is 2. The lowest BCUT2D eigenvalue weighted by atomic mass is 10.1. The summed E-state index contributed by atoms with van der Waals surface area (Å²) in [7, 11) is 1.61. The smallest absolute Gasteiger partial charge is 0.240 e. The highest BCUT2D eigenvalue weighted by atomic mass is 32.2. The number of benzene rings is 1. The summed E-state index contributed by atoms with van der Waals surface area (Å²) in [5.74, 6) is -0.355. The van der Waals surface area contributed by atoms with Crippen LogP contribution in [0.2, 0.25) is 0 Å². The maximum Gasteiger partial charge on any atom is 0.240 e. The first kappa shape index (κ1) is 18.5. The molecule has 2 rings (SSSR count). The van der Waals surface area contributed by atoms with Crippen molar-refractivity contribution in [1.29, 1.82) is 0 Å². The van der Waals surface area contributed by atoms with Crippen LogP contribution in [0.1, 0.15) is 24.5 Å². The van der Waals surface area contributed by atoms with Crippen LogP contribution in [0.5, 0.6) is 0 Å². The predicted octanol–water partition coefficient (Wildman–Crippen LogP) is 2.25. The zero-order valence-corrected chi connectivity index (χ0v) is 15.2. The summed E-state index contributed by atoms with van der Waals surface area (Å²) >= 11 is 1.29. The summed E-state index contributed by atoms with van der Waals surface area (Å²) in [6, 6.07) is 5.80. The van der Waals surface area contributed by atoms with Crippen LogP contribution in [0.15, 0.2) is 23.2 Å². The van der Waals surface area contributed by atoms with Gasteiger partial charge in [-0.2, -0.15) is 0 Å². The van der Waals surface area contributed by atoms with E-state index in [0.717, 1.165) is 16.8 Å². The Kier molecular flexibility index (Phi) is 6.39. The lowest BCUT2D eigenvalue weighted by Crippen LogP contribution is -2.28. The number of hydrogen-bond donors (Lipinski definition) is 2. The molecule has 130 valence electrons. The Morgan fingerprint density at radius 3 is 2.71 bits per heavy atom.